The number of aliphatic carboxylic acids is 1. The summed E-state index contributed by atoms with van der Waals surface area (Å²) in [5, 5.41) is 16.3. The van der Waals surface area contributed by atoms with Crippen molar-refractivity contribution in [2.45, 2.75) is 58.1 Å². The molecule has 1 heterocycles. The molecule has 2 aromatic rings. The molecular weight excluding hydrogens is 384 g/mol. The van der Waals surface area contributed by atoms with Crippen LogP contribution in [0.4, 0.5) is 0 Å². The predicted octanol–water partition coefficient (Wildman–Crippen LogP) is 3.60. The number of nitrogens with one attached hydrogen (secondary N) is 1. The Kier molecular flexibility index (Phi) is 6.50. The van der Waals surface area contributed by atoms with E-state index in [4.69, 9.17) is 11.3 Å². The van der Waals surface area contributed by atoms with E-state index >= 15 is 0 Å². The van der Waals surface area contributed by atoms with Gasteiger partial charge in [-0.25, -0.2) is 16.4 Å². The molecule has 4 unspecified atom stereocenters. The van der Waals surface area contributed by atoms with Crippen LogP contribution in [0.15, 0.2) is 24.3 Å². The van der Waals surface area contributed by atoms with Crippen LogP contribution in [0.1, 0.15) is 50.4 Å². The largest absolute Gasteiger partial charge is 0.475 e. The lowest BCUT2D eigenvalue weighted by Crippen LogP contribution is -2.39. The molecule has 1 aromatic carbocycles. The standard InChI is InChI=1S/C22H26N4O4/c1-12-8-10-15(11-9-12)19-24-20(26-25-19)16(17(23-4)21(27)28)22(29)30-18-13(2)6-5-7-14(18)3/h8-11,13-14,16-18H,5-7H2,1-3H3,(H,27,28)(H,24,25,26). The highest BCUT2D eigenvalue weighted by Gasteiger charge is 2.46. The molecule has 8 nitrogen and oxygen atoms in total. The zero-order valence-corrected chi connectivity index (χ0v) is 17.3. The van der Waals surface area contributed by atoms with E-state index in [2.05, 4.69) is 20.0 Å². The summed E-state index contributed by atoms with van der Waals surface area (Å²) >= 11 is 0. The fourth-order valence-corrected chi connectivity index (χ4v) is 4.00. The molecule has 1 fully saturated rings. The Balaban J connectivity index is 1.91. The Labute approximate surface area is 175 Å². The molecule has 30 heavy (non-hydrogen) atoms. The number of ether oxygens (including phenoxy) is 1. The number of aryl methyl sites for hydroxylation is 1. The predicted molar refractivity (Wildman–Crippen MR) is 109 cm³/mol. The summed E-state index contributed by atoms with van der Waals surface area (Å²) in [5.41, 5.74) is 1.80. The van der Waals surface area contributed by atoms with Crippen LogP contribution in [-0.4, -0.2) is 44.4 Å². The first-order valence-corrected chi connectivity index (χ1v) is 10.1. The normalized spacial score (nSPS) is 23.2. The fourth-order valence-electron chi connectivity index (χ4n) is 4.00. The quantitative estimate of drug-likeness (QED) is 0.556. The highest BCUT2D eigenvalue weighted by atomic mass is 16.5. The number of carboxylic acid groups (broad SMARTS) is 1. The first-order valence-electron chi connectivity index (χ1n) is 10.1. The summed E-state index contributed by atoms with van der Waals surface area (Å²) in [5.74, 6) is -2.83. The van der Waals surface area contributed by atoms with Crippen molar-refractivity contribution in [3.8, 4) is 11.4 Å². The number of carbonyl (C=O) groups is 2. The van der Waals surface area contributed by atoms with E-state index in [9.17, 15) is 14.7 Å². The van der Waals surface area contributed by atoms with Crippen molar-refractivity contribution >= 4 is 11.9 Å². The number of rotatable bonds is 6. The number of hydrogen-bond donors (Lipinski definition) is 2. The Morgan fingerprint density at radius 2 is 1.87 bits per heavy atom. The third-order valence-electron chi connectivity index (χ3n) is 5.76. The van der Waals surface area contributed by atoms with Gasteiger partial charge in [-0.15, -0.1) is 0 Å². The van der Waals surface area contributed by atoms with Crippen LogP contribution in [0, 0.1) is 25.3 Å². The van der Waals surface area contributed by atoms with Crippen molar-refractivity contribution in [2.24, 2.45) is 11.8 Å². The molecule has 0 bridgehead atoms. The Bertz CT molecular complexity index is 937. The number of benzene rings is 1. The van der Waals surface area contributed by atoms with E-state index in [1.807, 2.05) is 45.0 Å². The van der Waals surface area contributed by atoms with Gasteiger partial charge in [-0.05, 0) is 31.6 Å². The average Bonchev–Trinajstić information content (AvgIpc) is 3.18. The topological polar surface area (TPSA) is 110 Å². The minimum absolute atomic E-state index is 0.0232. The Morgan fingerprint density at radius 1 is 1.23 bits per heavy atom. The molecule has 1 aliphatic carbocycles. The van der Waals surface area contributed by atoms with Crippen LogP contribution < -0.4 is 0 Å². The van der Waals surface area contributed by atoms with Crippen LogP contribution in [0.5, 0.6) is 0 Å². The summed E-state index contributed by atoms with van der Waals surface area (Å²) in [4.78, 5) is 32.3. The van der Waals surface area contributed by atoms with Crippen molar-refractivity contribution in [1.29, 1.82) is 0 Å². The molecule has 0 saturated heterocycles. The van der Waals surface area contributed by atoms with Gasteiger partial charge >= 0.3 is 18.0 Å². The number of carbonyl (C=O) groups excluding carboxylic acids is 1. The third-order valence-corrected chi connectivity index (χ3v) is 5.76. The molecule has 0 amide bonds. The highest BCUT2D eigenvalue weighted by molar-refractivity contribution is 5.88. The molecule has 4 atom stereocenters. The molecule has 3 rings (SSSR count). The summed E-state index contributed by atoms with van der Waals surface area (Å²) in [7, 11) is 0. The summed E-state index contributed by atoms with van der Waals surface area (Å²) in [6.45, 7) is 13.3. The first kappa shape index (κ1) is 21.5. The monoisotopic (exact) mass is 410 g/mol. The van der Waals surface area contributed by atoms with Crippen LogP contribution >= 0.6 is 0 Å². The summed E-state index contributed by atoms with van der Waals surface area (Å²) in [6.07, 6.45) is 2.64. The van der Waals surface area contributed by atoms with Crippen LogP contribution in [0.25, 0.3) is 16.2 Å². The number of aromatic nitrogens is 3. The molecule has 0 aliphatic heterocycles. The summed E-state index contributed by atoms with van der Waals surface area (Å²) in [6, 6.07) is 5.84. The second kappa shape index (κ2) is 9.08. The van der Waals surface area contributed by atoms with Crippen LogP contribution in [0.3, 0.4) is 0 Å². The first-order chi connectivity index (χ1) is 14.3. The zero-order valence-electron chi connectivity index (χ0n) is 17.3. The van der Waals surface area contributed by atoms with Gasteiger partial charge in [0, 0.05) is 5.56 Å². The van der Waals surface area contributed by atoms with Gasteiger partial charge in [0.05, 0.1) is 0 Å². The molecule has 1 saturated carbocycles. The van der Waals surface area contributed by atoms with Crippen molar-refractivity contribution in [1.82, 2.24) is 15.2 Å². The fraction of sp³-hybridized carbons (Fsp3) is 0.500. The minimum Gasteiger partial charge on any atom is -0.475 e. The van der Waals surface area contributed by atoms with Crippen LogP contribution in [0.2, 0.25) is 0 Å². The van der Waals surface area contributed by atoms with Crippen LogP contribution in [-0.2, 0) is 14.3 Å². The second-order valence-corrected chi connectivity index (χ2v) is 8.09. The van der Waals surface area contributed by atoms with Gasteiger partial charge in [-0.3, -0.25) is 14.7 Å². The smallest absolute Gasteiger partial charge is 0.389 e. The van der Waals surface area contributed by atoms with E-state index in [0.717, 1.165) is 30.4 Å². The maximum Gasteiger partial charge on any atom is 0.389 e. The van der Waals surface area contributed by atoms with E-state index in [1.54, 1.807) is 0 Å². The Morgan fingerprint density at radius 3 is 2.43 bits per heavy atom. The molecule has 1 aromatic heterocycles. The van der Waals surface area contributed by atoms with E-state index in [0.29, 0.717) is 5.82 Å². The summed E-state index contributed by atoms with van der Waals surface area (Å²) < 4.78 is 5.76. The lowest BCUT2D eigenvalue weighted by molar-refractivity contribution is -0.161. The van der Waals surface area contributed by atoms with Gasteiger partial charge in [-0.1, -0.05) is 50.1 Å². The average molecular weight is 410 g/mol. The van der Waals surface area contributed by atoms with E-state index < -0.39 is 23.9 Å². The van der Waals surface area contributed by atoms with Gasteiger partial charge in [-0.2, -0.15) is 5.10 Å². The lowest BCUT2D eigenvalue weighted by Gasteiger charge is -2.34. The van der Waals surface area contributed by atoms with Gasteiger partial charge in [0.1, 0.15) is 11.9 Å². The molecule has 8 heteroatoms. The van der Waals surface area contributed by atoms with E-state index in [1.165, 1.54) is 0 Å². The van der Waals surface area contributed by atoms with Gasteiger partial charge < -0.3 is 9.84 Å². The number of H-pyrrole nitrogens is 1. The minimum atomic E-state index is -1.65. The maximum atomic E-state index is 13.1. The number of nitrogens with zero attached hydrogens (tertiary/aromatic N) is 3. The van der Waals surface area contributed by atoms with Crippen molar-refractivity contribution in [3.05, 3.63) is 47.1 Å². The number of hydrogen-bond acceptors (Lipinski definition) is 5. The molecule has 158 valence electrons. The van der Waals surface area contributed by atoms with Gasteiger partial charge in [0.2, 0.25) is 5.92 Å². The zero-order chi connectivity index (χ0) is 21.8. The van der Waals surface area contributed by atoms with Gasteiger partial charge in [0.15, 0.2) is 5.82 Å². The third kappa shape index (κ3) is 4.51. The van der Waals surface area contributed by atoms with Crippen molar-refractivity contribution in [2.75, 3.05) is 0 Å². The molecule has 0 radical (unpaired) electrons. The van der Waals surface area contributed by atoms with E-state index in [-0.39, 0.29) is 23.8 Å². The molecule has 0 spiro atoms. The van der Waals surface area contributed by atoms with Gasteiger partial charge in [0.25, 0.3) is 0 Å². The molecule has 1 aliphatic rings. The molecular formula is C22H26N4O4. The van der Waals surface area contributed by atoms with Crippen molar-refractivity contribution < 1.29 is 19.4 Å². The number of carboxylic acids is 1. The SMILES string of the molecule is [C-]#[N+]C(C(=O)O)C(C(=O)OC1C(C)CCCC1C)c1nc(-c2ccc(C)cc2)n[nH]1. The Hall–Kier alpha value is -3.21. The number of aromatic amines is 1. The second-order valence-electron chi connectivity index (χ2n) is 8.09. The molecule has 2 N–H and O–H groups in total. The van der Waals surface area contributed by atoms with Crippen molar-refractivity contribution in [3.63, 3.8) is 0 Å². The maximum absolute atomic E-state index is 13.1. The lowest BCUT2D eigenvalue weighted by atomic mass is 9.80. The highest BCUT2D eigenvalue weighted by Crippen LogP contribution is 2.33. The number of esters is 1.